The highest BCUT2D eigenvalue weighted by Crippen LogP contribution is 2.62. The molecule has 5 fully saturated rings. The van der Waals surface area contributed by atoms with Crippen molar-refractivity contribution in [2.24, 2.45) is 29.6 Å². The number of rotatable bonds is 6. The second-order valence-corrected chi connectivity index (χ2v) is 14.4. The summed E-state index contributed by atoms with van der Waals surface area (Å²) in [5, 5.41) is 0. The number of pyridine rings is 1. The topological polar surface area (TPSA) is 86.4 Å². The van der Waals surface area contributed by atoms with Crippen LogP contribution < -0.4 is 11.1 Å². The van der Waals surface area contributed by atoms with Crippen LogP contribution in [0.2, 0.25) is 0 Å². The molecule has 0 amide bonds. The van der Waals surface area contributed by atoms with Crippen LogP contribution in [0, 0.1) is 29.6 Å². The van der Waals surface area contributed by atoms with E-state index >= 15 is 0 Å². The van der Waals surface area contributed by atoms with Gasteiger partial charge >= 0.3 is 5.97 Å². The van der Waals surface area contributed by atoms with E-state index < -0.39 is 5.97 Å². The third kappa shape index (κ3) is 4.50. The van der Waals surface area contributed by atoms with Crippen molar-refractivity contribution in [2.45, 2.75) is 102 Å². The Labute approximate surface area is 258 Å². The minimum absolute atomic E-state index is 0.0591. The number of benzene rings is 1. The molecule has 0 N–H and O–H groups in total. The molecular weight excluding hydrogens is 552 g/mol. The van der Waals surface area contributed by atoms with Crippen molar-refractivity contribution in [3.63, 3.8) is 0 Å². The fourth-order valence-electron chi connectivity index (χ4n) is 10.6. The van der Waals surface area contributed by atoms with Crippen molar-refractivity contribution < 1.29 is 9.53 Å². The van der Waals surface area contributed by atoms with Gasteiger partial charge < -0.3 is 9.30 Å². The summed E-state index contributed by atoms with van der Waals surface area (Å²) in [6.45, 7) is 4.23. The maximum atomic E-state index is 14.5. The molecule has 44 heavy (non-hydrogen) atoms. The lowest BCUT2D eigenvalue weighted by atomic mass is 9.62. The van der Waals surface area contributed by atoms with E-state index in [1.807, 2.05) is 28.8 Å². The summed E-state index contributed by atoms with van der Waals surface area (Å²) in [6.07, 6.45) is 11.2. The molecule has 5 aliphatic rings. The molecule has 4 heterocycles. The fraction of sp³-hybridized carbons (Fsp3) is 0.611. The summed E-state index contributed by atoms with van der Waals surface area (Å²) in [7, 11) is 0. The monoisotopic (exact) mass is 596 g/mol. The number of nitrogens with zero attached hydrogens (tertiary/aromatic N) is 4. The lowest BCUT2D eigenvalue weighted by molar-refractivity contribution is -0.143. The molecule has 232 valence electrons. The van der Waals surface area contributed by atoms with Crippen LogP contribution in [0.1, 0.15) is 77.7 Å². The first-order chi connectivity index (χ1) is 21.4. The van der Waals surface area contributed by atoms with Crippen LogP contribution in [-0.4, -0.2) is 49.7 Å². The van der Waals surface area contributed by atoms with Crippen molar-refractivity contribution in [1.82, 2.24) is 19.0 Å². The van der Waals surface area contributed by atoms with Crippen LogP contribution in [0.4, 0.5) is 0 Å². The van der Waals surface area contributed by atoms with Gasteiger partial charge in [-0.25, -0.2) is 4.98 Å². The highest BCUT2D eigenvalue weighted by Gasteiger charge is 2.56. The maximum absolute atomic E-state index is 14.5. The summed E-state index contributed by atoms with van der Waals surface area (Å²) < 4.78 is 8.45. The van der Waals surface area contributed by atoms with Crippen molar-refractivity contribution in [1.29, 1.82) is 0 Å². The molecule has 3 aromatic rings. The normalized spacial score (nSPS) is 34.4. The molecule has 8 rings (SSSR count). The van der Waals surface area contributed by atoms with Crippen molar-refractivity contribution in [3.05, 3.63) is 63.2 Å². The van der Waals surface area contributed by atoms with Gasteiger partial charge in [0.2, 0.25) is 0 Å². The number of ether oxygens (including phenoxy) is 1. The van der Waals surface area contributed by atoms with Crippen LogP contribution in [0.3, 0.4) is 0 Å². The van der Waals surface area contributed by atoms with Gasteiger partial charge in [-0.05, 0) is 106 Å². The molecule has 0 radical (unpaired) electrons. The van der Waals surface area contributed by atoms with Gasteiger partial charge in [0.05, 0.1) is 23.3 Å². The number of carbonyl (C=O) groups excluding carboxylic acids is 1. The van der Waals surface area contributed by atoms with Crippen molar-refractivity contribution in [3.8, 4) is 11.4 Å². The summed E-state index contributed by atoms with van der Waals surface area (Å²) >= 11 is 0. The summed E-state index contributed by atoms with van der Waals surface area (Å²) in [4.78, 5) is 47.7. The van der Waals surface area contributed by atoms with Crippen molar-refractivity contribution in [2.75, 3.05) is 6.61 Å². The Kier molecular flexibility index (Phi) is 7.04. The molecule has 9 atom stereocenters. The van der Waals surface area contributed by atoms with E-state index in [0.29, 0.717) is 23.8 Å². The number of aromatic nitrogens is 3. The third-order valence-corrected chi connectivity index (χ3v) is 12.3. The van der Waals surface area contributed by atoms with E-state index in [2.05, 4.69) is 11.8 Å². The lowest BCUT2D eigenvalue weighted by Crippen LogP contribution is -2.58. The minimum Gasteiger partial charge on any atom is -0.465 e. The molecular formula is C36H44N4O4. The average Bonchev–Trinajstić information content (AvgIpc) is 3.15. The average molecular weight is 597 g/mol. The first-order valence-corrected chi connectivity index (χ1v) is 17.1. The van der Waals surface area contributed by atoms with Crippen molar-refractivity contribution >= 4 is 17.0 Å². The quantitative estimate of drug-likeness (QED) is 0.354. The van der Waals surface area contributed by atoms with Gasteiger partial charge in [-0.1, -0.05) is 31.5 Å². The molecule has 0 spiro atoms. The molecule has 3 unspecified atom stereocenters. The predicted molar refractivity (Wildman–Crippen MR) is 169 cm³/mol. The number of fused-ring (bicyclic) bond motifs is 4. The van der Waals surface area contributed by atoms with E-state index in [1.54, 1.807) is 19.1 Å². The standard InChI is InChI=1S/C36H44N4O4/c1-3-44-33(42)20-38-31(12-7-13-32(38)41)35-36(43)40(30-11-5-4-10-29(30)37-35)28-18-25-8-6-9-26(19-28)39(25)27-16-22-14-23-15-24(17-27)34(23)21(22)2/h4-5,7,10-13,21-28,34H,3,6,8-9,14-20H2,1-2H3/t21?,22-,23+,24+,25-,26+,27-,28?,34?/m1/s1. The Morgan fingerprint density at radius 2 is 1.59 bits per heavy atom. The fourth-order valence-corrected chi connectivity index (χ4v) is 10.6. The number of esters is 1. The van der Waals surface area contributed by atoms with E-state index in [1.165, 1.54) is 55.6 Å². The first-order valence-electron chi connectivity index (χ1n) is 17.1. The predicted octanol–water partition coefficient (Wildman–Crippen LogP) is 5.42. The largest absolute Gasteiger partial charge is 0.465 e. The maximum Gasteiger partial charge on any atom is 0.326 e. The van der Waals surface area contributed by atoms with Crippen LogP contribution in [0.15, 0.2) is 52.1 Å². The first kappa shape index (κ1) is 28.2. The molecule has 4 bridgehead atoms. The van der Waals surface area contributed by atoms with Crippen LogP contribution in [0.5, 0.6) is 0 Å². The van der Waals surface area contributed by atoms with Gasteiger partial charge in [0.15, 0.2) is 5.69 Å². The Bertz CT molecular complexity index is 1700. The zero-order chi connectivity index (χ0) is 30.1. The summed E-state index contributed by atoms with van der Waals surface area (Å²) in [5.41, 5.74) is 1.59. The molecule has 8 nitrogen and oxygen atoms in total. The molecule has 3 aliphatic carbocycles. The van der Waals surface area contributed by atoms with E-state index in [9.17, 15) is 14.4 Å². The molecule has 2 aliphatic heterocycles. The van der Waals surface area contributed by atoms with E-state index in [-0.39, 0.29) is 36.0 Å². The Balaban J connectivity index is 1.16. The number of hydrogen-bond acceptors (Lipinski definition) is 6. The smallest absolute Gasteiger partial charge is 0.326 e. The zero-order valence-corrected chi connectivity index (χ0v) is 25.9. The van der Waals surface area contributed by atoms with Crippen LogP contribution in [-0.2, 0) is 16.1 Å². The lowest BCUT2D eigenvalue weighted by Gasteiger charge is -2.54. The number of para-hydroxylation sites is 2. The SMILES string of the molecule is CCOC(=O)Cn1c(-c2nc3ccccc3n(C3C[C@H]4CCC[C@@H](C3)N4[C@@H]3C[C@H]4C[C@H]5C[C@@H](C3)C5C4C)c2=O)cccc1=O. The number of hydrogen-bond donors (Lipinski definition) is 0. The van der Waals surface area contributed by atoms with Gasteiger partial charge in [-0.2, -0.15) is 0 Å². The highest BCUT2D eigenvalue weighted by molar-refractivity contribution is 5.78. The molecule has 3 saturated carbocycles. The summed E-state index contributed by atoms with van der Waals surface area (Å²) in [5.74, 6) is 4.15. The van der Waals surface area contributed by atoms with Gasteiger partial charge in [0.1, 0.15) is 6.54 Å². The number of carbonyl (C=O) groups is 1. The molecule has 2 aromatic heterocycles. The Morgan fingerprint density at radius 1 is 0.864 bits per heavy atom. The van der Waals surface area contributed by atoms with Gasteiger partial charge in [-0.3, -0.25) is 23.9 Å². The molecule has 8 heteroatoms. The third-order valence-electron chi connectivity index (χ3n) is 12.3. The Morgan fingerprint density at radius 3 is 2.39 bits per heavy atom. The van der Waals surface area contributed by atoms with Gasteiger partial charge in [0, 0.05) is 30.2 Å². The molecule has 2 saturated heterocycles. The minimum atomic E-state index is -0.512. The number of piperidine rings is 2. The van der Waals surface area contributed by atoms with Gasteiger partial charge in [-0.15, -0.1) is 0 Å². The zero-order valence-electron chi connectivity index (χ0n) is 25.9. The van der Waals surface area contributed by atoms with Crippen LogP contribution >= 0.6 is 0 Å². The molecule has 1 aromatic carbocycles. The Hall–Kier alpha value is -3.26. The van der Waals surface area contributed by atoms with E-state index in [0.717, 1.165) is 53.5 Å². The van der Waals surface area contributed by atoms with Crippen LogP contribution in [0.25, 0.3) is 22.4 Å². The van der Waals surface area contributed by atoms with Gasteiger partial charge in [0.25, 0.3) is 11.1 Å². The van der Waals surface area contributed by atoms with E-state index in [4.69, 9.17) is 9.72 Å². The highest BCUT2D eigenvalue weighted by atomic mass is 16.5. The second-order valence-electron chi connectivity index (χ2n) is 14.4. The summed E-state index contributed by atoms with van der Waals surface area (Å²) in [6, 6.07) is 14.3. The second kappa shape index (κ2) is 11.0.